The Balaban J connectivity index is 2.51. The maximum Gasteiger partial charge on any atom is 0.0349 e. The van der Waals surface area contributed by atoms with Crippen molar-refractivity contribution in [2.24, 2.45) is 0 Å². The minimum Gasteiger partial charge on any atom is -0.264 e. The van der Waals surface area contributed by atoms with Crippen LogP contribution in [-0.2, 0) is 5.41 Å². The Bertz CT molecular complexity index is 521. The molecule has 0 bridgehead atoms. The van der Waals surface area contributed by atoms with E-state index in [2.05, 4.69) is 63.0 Å². The summed E-state index contributed by atoms with van der Waals surface area (Å²) in [6.07, 6.45) is 3.78. The first-order valence-electron chi connectivity index (χ1n) is 6.00. The van der Waals surface area contributed by atoms with E-state index in [0.717, 1.165) is 0 Å². The maximum atomic E-state index is 4.21. The van der Waals surface area contributed by atoms with Gasteiger partial charge in [0, 0.05) is 18.0 Å². The molecule has 0 radical (unpaired) electrons. The molecule has 0 saturated heterocycles. The van der Waals surface area contributed by atoms with Crippen molar-refractivity contribution in [2.75, 3.05) is 0 Å². The molecule has 1 heterocycles. The molecule has 0 atom stereocenters. The largest absolute Gasteiger partial charge is 0.264 e. The van der Waals surface area contributed by atoms with Gasteiger partial charge in [-0.05, 0) is 35.1 Å². The van der Waals surface area contributed by atoms with E-state index in [0.29, 0.717) is 0 Å². The average molecular weight is 225 g/mol. The third kappa shape index (κ3) is 2.55. The highest BCUT2D eigenvalue weighted by Gasteiger charge is 2.14. The summed E-state index contributed by atoms with van der Waals surface area (Å²) < 4.78 is 0. The first-order chi connectivity index (χ1) is 7.98. The van der Waals surface area contributed by atoms with E-state index >= 15 is 0 Å². The molecule has 0 aliphatic heterocycles. The van der Waals surface area contributed by atoms with E-state index in [-0.39, 0.29) is 5.41 Å². The topological polar surface area (TPSA) is 12.9 Å². The van der Waals surface area contributed by atoms with E-state index in [1.54, 1.807) is 0 Å². The van der Waals surface area contributed by atoms with E-state index < -0.39 is 0 Å². The first-order valence-corrected chi connectivity index (χ1v) is 6.00. The highest BCUT2D eigenvalue weighted by atomic mass is 14.6. The van der Waals surface area contributed by atoms with Crippen LogP contribution in [0.4, 0.5) is 0 Å². The van der Waals surface area contributed by atoms with E-state index in [9.17, 15) is 0 Å². The predicted molar refractivity (Wildman–Crippen MR) is 73.1 cm³/mol. The lowest BCUT2D eigenvalue weighted by Gasteiger charge is -2.20. The number of rotatable bonds is 1. The quantitative estimate of drug-likeness (QED) is 0.703. The molecule has 0 fully saturated rings. The highest BCUT2D eigenvalue weighted by Crippen LogP contribution is 2.28. The second kappa shape index (κ2) is 4.33. The molecular weight excluding hydrogens is 206 g/mol. The summed E-state index contributed by atoms with van der Waals surface area (Å²) in [6, 6.07) is 10.8. The van der Waals surface area contributed by atoms with E-state index in [1.165, 1.54) is 22.3 Å². The molecule has 17 heavy (non-hydrogen) atoms. The number of aryl methyl sites for hydroxylation is 1. The van der Waals surface area contributed by atoms with Gasteiger partial charge in [0.15, 0.2) is 0 Å². The number of aromatic nitrogens is 1. The zero-order valence-corrected chi connectivity index (χ0v) is 11.0. The number of nitrogens with zero attached hydrogens (tertiary/aromatic N) is 1. The molecule has 88 valence electrons. The molecule has 2 aromatic rings. The molecule has 0 aliphatic carbocycles. The molecule has 0 aliphatic rings. The van der Waals surface area contributed by atoms with Crippen molar-refractivity contribution in [3.8, 4) is 11.1 Å². The summed E-state index contributed by atoms with van der Waals surface area (Å²) in [5.41, 5.74) is 5.29. The van der Waals surface area contributed by atoms with Crippen LogP contribution in [0.3, 0.4) is 0 Å². The Labute approximate surface area is 104 Å². The van der Waals surface area contributed by atoms with Gasteiger partial charge < -0.3 is 0 Å². The lowest BCUT2D eigenvalue weighted by atomic mass is 9.85. The predicted octanol–water partition coefficient (Wildman–Crippen LogP) is 4.35. The van der Waals surface area contributed by atoms with Crippen LogP contribution in [0.2, 0.25) is 0 Å². The first kappa shape index (κ1) is 11.8. The van der Waals surface area contributed by atoms with Crippen LogP contribution in [0.15, 0.2) is 42.7 Å². The third-order valence-corrected chi connectivity index (χ3v) is 3.08. The molecule has 0 amide bonds. The molecule has 1 nitrogen and oxygen atoms in total. The smallest absolute Gasteiger partial charge is 0.0349 e. The van der Waals surface area contributed by atoms with Crippen LogP contribution in [0.1, 0.15) is 31.9 Å². The van der Waals surface area contributed by atoms with Crippen LogP contribution in [0.25, 0.3) is 11.1 Å². The molecule has 1 heteroatoms. The van der Waals surface area contributed by atoms with E-state index in [1.807, 2.05) is 12.4 Å². The maximum absolute atomic E-state index is 4.21. The Hall–Kier alpha value is -1.63. The minimum absolute atomic E-state index is 0.187. The van der Waals surface area contributed by atoms with Gasteiger partial charge in [0.05, 0.1) is 0 Å². The molecule has 2 rings (SSSR count). The van der Waals surface area contributed by atoms with Crippen molar-refractivity contribution in [3.63, 3.8) is 0 Å². The minimum atomic E-state index is 0.187. The summed E-state index contributed by atoms with van der Waals surface area (Å²) in [5, 5.41) is 0. The SMILES string of the molecule is Cc1ccncc1-c1cccc(C(C)(C)C)c1. The Morgan fingerprint density at radius 3 is 2.47 bits per heavy atom. The Morgan fingerprint density at radius 1 is 1.06 bits per heavy atom. The lowest BCUT2D eigenvalue weighted by Crippen LogP contribution is -2.10. The van der Waals surface area contributed by atoms with Crippen molar-refractivity contribution in [1.82, 2.24) is 4.98 Å². The van der Waals surface area contributed by atoms with Crippen molar-refractivity contribution in [3.05, 3.63) is 53.9 Å². The van der Waals surface area contributed by atoms with Crippen molar-refractivity contribution in [2.45, 2.75) is 33.1 Å². The monoisotopic (exact) mass is 225 g/mol. The summed E-state index contributed by atoms with van der Waals surface area (Å²) in [4.78, 5) is 4.21. The van der Waals surface area contributed by atoms with Gasteiger partial charge in [0.2, 0.25) is 0 Å². The molecule has 0 saturated carbocycles. The van der Waals surface area contributed by atoms with Crippen LogP contribution in [0.5, 0.6) is 0 Å². The van der Waals surface area contributed by atoms with Crippen LogP contribution >= 0.6 is 0 Å². The van der Waals surface area contributed by atoms with Gasteiger partial charge in [0.1, 0.15) is 0 Å². The van der Waals surface area contributed by atoms with Crippen LogP contribution in [0, 0.1) is 6.92 Å². The average Bonchev–Trinajstić information content (AvgIpc) is 2.29. The molecule has 0 N–H and O–H groups in total. The third-order valence-electron chi connectivity index (χ3n) is 3.08. The second-order valence-electron chi connectivity index (χ2n) is 5.52. The van der Waals surface area contributed by atoms with Gasteiger partial charge in [-0.3, -0.25) is 4.98 Å². The molecule has 1 aromatic heterocycles. The molecule has 0 spiro atoms. The van der Waals surface area contributed by atoms with Gasteiger partial charge in [-0.2, -0.15) is 0 Å². The fourth-order valence-electron chi connectivity index (χ4n) is 1.92. The normalized spacial score (nSPS) is 11.5. The van der Waals surface area contributed by atoms with Gasteiger partial charge in [0.25, 0.3) is 0 Å². The van der Waals surface area contributed by atoms with Crippen molar-refractivity contribution in [1.29, 1.82) is 0 Å². The van der Waals surface area contributed by atoms with E-state index in [4.69, 9.17) is 0 Å². The summed E-state index contributed by atoms with van der Waals surface area (Å²) in [7, 11) is 0. The lowest BCUT2D eigenvalue weighted by molar-refractivity contribution is 0.590. The highest BCUT2D eigenvalue weighted by molar-refractivity contribution is 5.66. The number of hydrogen-bond donors (Lipinski definition) is 0. The van der Waals surface area contributed by atoms with Gasteiger partial charge in [-0.15, -0.1) is 0 Å². The molecule has 1 aromatic carbocycles. The fraction of sp³-hybridized carbons (Fsp3) is 0.312. The summed E-state index contributed by atoms with van der Waals surface area (Å²) in [6.45, 7) is 8.84. The fourth-order valence-corrected chi connectivity index (χ4v) is 1.92. The number of benzene rings is 1. The van der Waals surface area contributed by atoms with Gasteiger partial charge >= 0.3 is 0 Å². The van der Waals surface area contributed by atoms with Crippen LogP contribution in [-0.4, -0.2) is 4.98 Å². The van der Waals surface area contributed by atoms with Crippen molar-refractivity contribution < 1.29 is 0 Å². The van der Waals surface area contributed by atoms with Crippen molar-refractivity contribution >= 4 is 0 Å². The summed E-state index contributed by atoms with van der Waals surface area (Å²) >= 11 is 0. The zero-order valence-electron chi connectivity index (χ0n) is 11.0. The Kier molecular flexibility index (Phi) is 3.01. The standard InChI is InChI=1S/C16H19N/c1-12-8-9-17-11-15(12)13-6-5-7-14(10-13)16(2,3)4/h5-11H,1-4H3. The molecule has 0 unspecified atom stereocenters. The van der Waals surface area contributed by atoms with Gasteiger partial charge in [-0.25, -0.2) is 0 Å². The summed E-state index contributed by atoms with van der Waals surface area (Å²) in [5.74, 6) is 0. The number of pyridine rings is 1. The number of hydrogen-bond acceptors (Lipinski definition) is 1. The van der Waals surface area contributed by atoms with Gasteiger partial charge in [-0.1, -0.05) is 45.0 Å². The molecular formula is C16H19N. The second-order valence-corrected chi connectivity index (χ2v) is 5.52. The zero-order chi connectivity index (χ0) is 12.5. The Morgan fingerprint density at radius 2 is 1.82 bits per heavy atom. The van der Waals surface area contributed by atoms with Crippen LogP contribution < -0.4 is 0 Å².